The smallest absolute Gasteiger partial charge is 0.121 e. The first-order valence-corrected chi connectivity index (χ1v) is 2.57. The summed E-state index contributed by atoms with van der Waals surface area (Å²) >= 11 is 0. The third kappa shape index (κ3) is 0.866. The molecule has 0 aromatic carbocycles. The highest BCUT2D eigenvalue weighted by Gasteiger charge is 2.06. The Morgan fingerprint density at radius 2 is 2.71 bits per heavy atom. The van der Waals surface area contributed by atoms with E-state index in [9.17, 15) is 0 Å². The number of hydrogen-bond acceptors (Lipinski definition) is 1. The van der Waals surface area contributed by atoms with E-state index in [1.165, 1.54) is 0 Å². The van der Waals surface area contributed by atoms with Crippen molar-refractivity contribution in [2.45, 2.75) is 25.9 Å². The molecule has 0 fully saturated rings. The Morgan fingerprint density at radius 3 is 3.00 bits per heavy atom. The molecule has 0 saturated carbocycles. The van der Waals surface area contributed by atoms with Gasteiger partial charge in [0.05, 0.1) is 6.42 Å². The molecule has 0 saturated heterocycles. The van der Waals surface area contributed by atoms with Gasteiger partial charge in [-0.3, -0.25) is 0 Å². The minimum atomic E-state index is 0.375. The van der Waals surface area contributed by atoms with Gasteiger partial charge in [0.25, 0.3) is 0 Å². The highest BCUT2D eigenvalue weighted by atomic mass is 16.5. The number of ether oxygens (including phenoxy) is 1. The molecule has 1 heterocycles. The SMILES string of the molecule is CCC1CC#CO1. The molecule has 0 aromatic rings. The van der Waals surface area contributed by atoms with Crippen LogP contribution in [0.2, 0.25) is 0 Å². The molecule has 38 valence electrons. The summed E-state index contributed by atoms with van der Waals surface area (Å²) in [6.07, 6.45) is 4.94. The second kappa shape index (κ2) is 1.88. The van der Waals surface area contributed by atoms with E-state index in [0.717, 1.165) is 12.8 Å². The summed E-state index contributed by atoms with van der Waals surface area (Å²) in [5.41, 5.74) is 0. The van der Waals surface area contributed by atoms with Crippen molar-refractivity contribution in [3.05, 3.63) is 0 Å². The third-order valence-electron chi connectivity index (χ3n) is 1.08. The second-order valence-corrected chi connectivity index (χ2v) is 1.63. The van der Waals surface area contributed by atoms with Gasteiger partial charge in [0, 0.05) is 0 Å². The summed E-state index contributed by atoms with van der Waals surface area (Å²) in [7, 11) is 0. The first-order chi connectivity index (χ1) is 3.43. The van der Waals surface area contributed by atoms with Crippen LogP contribution in [0.5, 0.6) is 0 Å². The summed E-state index contributed by atoms with van der Waals surface area (Å²) < 4.78 is 4.94. The molecule has 1 heteroatoms. The van der Waals surface area contributed by atoms with Crippen LogP contribution in [0.3, 0.4) is 0 Å². The number of rotatable bonds is 1. The molecule has 1 aliphatic rings. The van der Waals surface area contributed by atoms with E-state index in [0.29, 0.717) is 6.10 Å². The lowest BCUT2D eigenvalue weighted by molar-refractivity contribution is 0.182. The summed E-state index contributed by atoms with van der Waals surface area (Å²) in [4.78, 5) is 0. The Hall–Kier alpha value is -0.640. The molecule has 0 aliphatic carbocycles. The van der Waals surface area contributed by atoms with E-state index < -0.39 is 0 Å². The van der Waals surface area contributed by atoms with Gasteiger partial charge in [-0.1, -0.05) is 12.8 Å². The Bertz CT molecular complexity index is 97.1. The third-order valence-corrected chi connectivity index (χ3v) is 1.08. The molecule has 0 amide bonds. The highest BCUT2D eigenvalue weighted by Crippen LogP contribution is 2.05. The van der Waals surface area contributed by atoms with E-state index in [1.807, 2.05) is 0 Å². The zero-order valence-corrected chi connectivity index (χ0v) is 4.40. The lowest BCUT2D eigenvalue weighted by Crippen LogP contribution is -2.01. The van der Waals surface area contributed by atoms with Crippen LogP contribution >= 0.6 is 0 Å². The highest BCUT2D eigenvalue weighted by molar-refractivity contribution is 5.00. The molecule has 1 nitrogen and oxygen atoms in total. The maximum absolute atomic E-state index is 4.94. The Balaban J connectivity index is 2.25. The summed E-state index contributed by atoms with van der Waals surface area (Å²) in [6.45, 7) is 2.10. The molecular formula is C6H8O. The molecule has 0 N–H and O–H groups in total. The van der Waals surface area contributed by atoms with Crippen LogP contribution < -0.4 is 0 Å². The largest absolute Gasteiger partial charge is 0.442 e. The molecular weight excluding hydrogens is 88.1 g/mol. The Morgan fingerprint density at radius 1 is 1.86 bits per heavy atom. The summed E-state index contributed by atoms with van der Waals surface area (Å²) in [5.74, 6) is 2.85. The molecule has 1 unspecified atom stereocenters. The average molecular weight is 96.1 g/mol. The standard InChI is InChI=1S/C6H8O/c1-2-6-4-3-5-7-6/h6H,2,4H2,1H3. The fourth-order valence-corrected chi connectivity index (χ4v) is 0.550. The maximum Gasteiger partial charge on any atom is 0.121 e. The van der Waals surface area contributed by atoms with Crippen molar-refractivity contribution in [2.24, 2.45) is 0 Å². The van der Waals surface area contributed by atoms with Crippen LogP contribution in [-0.4, -0.2) is 6.10 Å². The van der Waals surface area contributed by atoms with Gasteiger partial charge in [0.2, 0.25) is 0 Å². The van der Waals surface area contributed by atoms with E-state index in [2.05, 4.69) is 19.0 Å². The fourth-order valence-electron chi connectivity index (χ4n) is 0.550. The zero-order chi connectivity index (χ0) is 5.11. The van der Waals surface area contributed by atoms with Gasteiger partial charge in [-0.25, -0.2) is 0 Å². The van der Waals surface area contributed by atoms with Gasteiger partial charge in [0.1, 0.15) is 12.2 Å². The van der Waals surface area contributed by atoms with Crippen LogP contribution in [0.1, 0.15) is 19.8 Å². The predicted octanol–water partition coefficient (Wildman–Crippen LogP) is 1.15. The van der Waals surface area contributed by atoms with Gasteiger partial charge in [-0.2, -0.15) is 0 Å². The summed E-state index contributed by atoms with van der Waals surface area (Å²) in [6, 6.07) is 0. The normalized spacial score (nSPS) is 25.6. The minimum Gasteiger partial charge on any atom is -0.442 e. The van der Waals surface area contributed by atoms with E-state index in [4.69, 9.17) is 4.74 Å². The topological polar surface area (TPSA) is 9.23 Å². The zero-order valence-electron chi connectivity index (χ0n) is 4.40. The van der Waals surface area contributed by atoms with Crippen LogP contribution in [0, 0.1) is 12.0 Å². The van der Waals surface area contributed by atoms with E-state index in [1.54, 1.807) is 0 Å². The molecule has 0 aromatic heterocycles. The van der Waals surface area contributed by atoms with Gasteiger partial charge >= 0.3 is 0 Å². The Kier molecular flexibility index (Phi) is 1.21. The second-order valence-electron chi connectivity index (χ2n) is 1.63. The molecule has 1 rings (SSSR count). The summed E-state index contributed by atoms with van der Waals surface area (Å²) in [5, 5.41) is 0. The number of hydrogen-bond donors (Lipinski definition) is 0. The monoisotopic (exact) mass is 96.1 g/mol. The van der Waals surface area contributed by atoms with Crippen LogP contribution in [0.15, 0.2) is 0 Å². The molecule has 7 heavy (non-hydrogen) atoms. The average Bonchev–Trinajstić information content (AvgIpc) is 2.14. The first kappa shape index (κ1) is 4.52. The molecule has 0 spiro atoms. The van der Waals surface area contributed by atoms with Crippen molar-refractivity contribution in [3.63, 3.8) is 0 Å². The lowest BCUT2D eigenvalue weighted by atomic mass is 10.2. The van der Waals surface area contributed by atoms with Crippen molar-refractivity contribution >= 4 is 0 Å². The first-order valence-electron chi connectivity index (χ1n) is 2.57. The van der Waals surface area contributed by atoms with Crippen LogP contribution in [0.25, 0.3) is 0 Å². The van der Waals surface area contributed by atoms with Crippen molar-refractivity contribution in [1.29, 1.82) is 0 Å². The van der Waals surface area contributed by atoms with Crippen molar-refractivity contribution in [1.82, 2.24) is 0 Å². The predicted molar refractivity (Wildman–Crippen MR) is 27.6 cm³/mol. The van der Waals surface area contributed by atoms with Crippen LogP contribution in [-0.2, 0) is 4.74 Å². The van der Waals surface area contributed by atoms with E-state index in [-0.39, 0.29) is 0 Å². The van der Waals surface area contributed by atoms with Gasteiger partial charge in [-0.15, -0.1) is 0 Å². The fraction of sp³-hybridized carbons (Fsp3) is 0.667. The minimum absolute atomic E-state index is 0.375. The Labute approximate surface area is 43.7 Å². The lowest BCUT2D eigenvalue weighted by Gasteiger charge is -2.00. The van der Waals surface area contributed by atoms with Crippen LogP contribution in [0.4, 0.5) is 0 Å². The van der Waals surface area contributed by atoms with E-state index >= 15 is 0 Å². The van der Waals surface area contributed by atoms with Crippen molar-refractivity contribution in [2.75, 3.05) is 0 Å². The van der Waals surface area contributed by atoms with Crippen molar-refractivity contribution in [3.8, 4) is 12.0 Å². The molecule has 0 bridgehead atoms. The van der Waals surface area contributed by atoms with Gasteiger partial charge in [0.15, 0.2) is 0 Å². The molecule has 1 aliphatic heterocycles. The van der Waals surface area contributed by atoms with Crippen molar-refractivity contribution < 1.29 is 4.74 Å². The van der Waals surface area contributed by atoms with Gasteiger partial charge in [-0.05, 0) is 6.42 Å². The molecule has 1 atom stereocenters. The molecule has 0 radical (unpaired) electrons. The maximum atomic E-state index is 4.94. The quantitative estimate of drug-likeness (QED) is 0.445. The van der Waals surface area contributed by atoms with Gasteiger partial charge < -0.3 is 4.74 Å².